The van der Waals surface area contributed by atoms with Gasteiger partial charge in [0.15, 0.2) is 0 Å². The summed E-state index contributed by atoms with van der Waals surface area (Å²) in [7, 11) is 0. The van der Waals surface area contributed by atoms with E-state index in [0.717, 1.165) is 61.1 Å². The second-order valence-corrected chi connectivity index (χ2v) is 7.73. The molecule has 0 saturated carbocycles. The third-order valence-electron chi connectivity index (χ3n) is 5.54. The van der Waals surface area contributed by atoms with E-state index in [-0.39, 0.29) is 5.56 Å². The standard InChI is InChI=1S/C21H23N5O2/c27-21-8-7-17(16-4-3-9-22-10-16)24-26(21)13-15-11-25(12-15)14-20-23-18-5-1-2-6-19(18)28-20/h3-4,7-10,15H,1-2,5-6,11-14H2. The third-order valence-corrected chi connectivity index (χ3v) is 5.54. The van der Waals surface area contributed by atoms with Crippen molar-refractivity contribution < 1.29 is 4.42 Å². The Labute approximate surface area is 163 Å². The average molecular weight is 377 g/mol. The lowest BCUT2D eigenvalue weighted by atomic mass is 10.0. The number of pyridine rings is 1. The highest BCUT2D eigenvalue weighted by Gasteiger charge is 2.29. The van der Waals surface area contributed by atoms with Gasteiger partial charge in [0.25, 0.3) is 5.56 Å². The first kappa shape index (κ1) is 17.3. The maximum Gasteiger partial charge on any atom is 0.266 e. The summed E-state index contributed by atoms with van der Waals surface area (Å²) in [5.41, 5.74) is 2.78. The number of hydrogen-bond donors (Lipinski definition) is 0. The fourth-order valence-corrected chi connectivity index (χ4v) is 4.08. The van der Waals surface area contributed by atoms with Crippen molar-refractivity contribution >= 4 is 0 Å². The monoisotopic (exact) mass is 377 g/mol. The predicted octanol–water partition coefficient (Wildman–Crippen LogP) is 2.30. The van der Waals surface area contributed by atoms with Crippen LogP contribution >= 0.6 is 0 Å². The molecule has 5 rings (SSSR count). The Morgan fingerprint density at radius 1 is 1.14 bits per heavy atom. The van der Waals surface area contributed by atoms with E-state index in [2.05, 4.69) is 20.0 Å². The van der Waals surface area contributed by atoms with Gasteiger partial charge in [0.2, 0.25) is 5.89 Å². The first-order valence-corrected chi connectivity index (χ1v) is 9.93. The van der Waals surface area contributed by atoms with E-state index in [4.69, 9.17) is 4.42 Å². The van der Waals surface area contributed by atoms with Crippen molar-refractivity contribution in [2.24, 2.45) is 5.92 Å². The molecule has 144 valence electrons. The minimum atomic E-state index is -0.0635. The number of oxazole rings is 1. The molecule has 0 bridgehead atoms. The van der Waals surface area contributed by atoms with Crippen LogP contribution in [0.1, 0.15) is 30.2 Å². The highest BCUT2D eigenvalue weighted by atomic mass is 16.4. The van der Waals surface area contributed by atoms with Crippen LogP contribution in [0.5, 0.6) is 0 Å². The van der Waals surface area contributed by atoms with Crippen molar-refractivity contribution in [3.05, 3.63) is 64.4 Å². The SMILES string of the molecule is O=c1ccc(-c2cccnc2)nn1CC1CN(Cc2nc3c(o2)CCCC3)C1. The predicted molar refractivity (Wildman–Crippen MR) is 104 cm³/mol. The largest absolute Gasteiger partial charge is 0.444 e. The number of likely N-dealkylation sites (tertiary alicyclic amines) is 1. The summed E-state index contributed by atoms with van der Waals surface area (Å²) in [6.45, 7) is 3.24. The van der Waals surface area contributed by atoms with Gasteiger partial charge in [-0.15, -0.1) is 0 Å². The molecular formula is C21H23N5O2. The Bertz CT molecular complexity index is 997. The van der Waals surface area contributed by atoms with Crippen LogP contribution in [0.25, 0.3) is 11.3 Å². The highest BCUT2D eigenvalue weighted by Crippen LogP contribution is 2.25. The van der Waals surface area contributed by atoms with Crippen LogP contribution < -0.4 is 5.56 Å². The summed E-state index contributed by atoms with van der Waals surface area (Å²) in [4.78, 5) is 23.3. The van der Waals surface area contributed by atoms with Crippen LogP contribution in [0.3, 0.4) is 0 Å². The summed E-state index contributed by atoms with van der Waals surface area (Å²) in [6, 6.07) is 7.16. The van der Waals surface area contributed by atoms with Crippen LogP contribution in [0.2, 0.25) is 0 Å². The molecule has 28 heavy (non-hydrogen) atoms. The molecule has 1 aliphatic heterocycles. The molecule has 2 aliphatic rings. The zero-order chi connectivity index (χ0) is 18.9. The minimum Gasteiger partial charge on any atom is -0.444 e. The summed E-state index contributed by atoms with van der Waals surface area (Å²) < 4.78 is 7.50. The van der Waals surface area contributed by atoms with Crippen LogP contribution in [0.15, 0.2) is 45.9 Å². The molecule has 1 fully saturated rings. The molecule has 0 unspecified atom stereocenters. The topological polar surface area (TPSA) is 77.1 Å². The molecule has 7 nitrogen and oxygen atoms in total. The molecule has 0 N–H and O–H groups in total. The summed E-state index contributed by atoms with van der Waals surface area (Å²) in [6.07, 6.45) is 7.97. The van der Waals surface area contributed by atoms with Crippen molar-refractivity contribution in [3.8, 4) is 11.3 Å². The van der Waals surface area contributed by atoms with Gasteiger partial charge < -0.3 is 4.42 Å². The van der Waals surface area contributed by atoms with E-state index in [1.165, 1.54) is 12.8 Å². The lowest BCUT2D eigenvalue weighted by molar-refractivity contribution is 0.0677. The normalized spacial score (nSPS) is 17.3. The number of aromatic nitrogens is 4. The number of aryl methyl sites for hydroxylation is 2. The minimum absolute atomic E-state index is 0.0635. The lowest BCUT2D eigenvalue weighted by Gasteiger charge is -2.38. The Morgan fingerprint density at radius 2 is 2.04 bits per heavy atom. The van der Waals surface area contributed by atoms with Gasteiger partial charge in [0.1, 0.15) is 5.76 Å². The van der Waals surface area contributed by atoms with E-state index in [1.54, 1.807) is 29.2 Å². The molecule has 1 saturated heterocycles. The summed E-state index contributed by atoms with van der Waals surface area (Å²) in [5, 5.41) is 4.53. The second kappa shape index (κ2) is 7.31. The van der Waals surface area contributed by atoms with Gasteiger partial charge in [-0.3, -0.25) is 14.7 Å². The van der Waals surface area contributed by atoms with E-state index in [1.807, 2.05) is 12.1 Å². The summed E-state index contributed by atoms with van der Waals surface area (Å²) >= 11 is 0. The molecule has 0 amide bonds. The van der Waals surface area contributed by atoms with Crippen molar-refractivity contribution in [1.82, 2.24) is 24.6 Å². The van der Waals surface area contributed by atoms with Crippen molar-refractivity contribution in [3.63, 3.8) is 0 Å². The van der Waals surface area contributed by atoms with Crippen LogP contribution in [0.4, 0.5) is 0 Å². The van der Waals surface area contributed by atoms with Crippen molar-refractivity contribution in [1.29, 1.82) is 0 Å². The number of nitrogens with zero attached hydrogens (tertiary/aromatic N) is 5. The molecule has 3 aromatic heterocycles. The smallest absolute Gasteiger partial charge is 0.266 e. The van der Waals surface area contributed by atoms with Gasteiger partial charge in [-0.25, -0.2) is 9.67 Å². The molecule has 3 aromatic rings. The number of fused-ring (bicyclic) bond motifs is 1. The maximum absolute atomic E-state index is 12.2. The molecule has 0 spiro atoms. The molecular weight excluding hydrogens is 354 g/mol. The fourth-order valence-electron chi connectivity index (χ4n) is 4.08. The second-order valence-electron chi connectivity index (χ2n) is 7.73. The Balaban J connectivity index is 1.21. The Kier molecular flexibility index (Phi) is 4.52. The third kappa shape index (κ3) is 3.49. The van der Waals surface area contributed by atoms with Crippen molar-refractivity contribution in [2.45, 2.75) is 38.8 Å². The molecule has 0 aromatic carbocycles. The van der Waals surface area contributed by atoms with Gasteiger partial charge in [-0.1, -0.05) is 0 Å². The fraction of sp³-hybridized carbons (Fsp3) is 0.429. The van der Waals surface area contributed by atoms with Crippen LogP contribution in [0, 0.1) is 5.92 Å². The molecule has 7 heteroatoms. The van der Waals surface area contributed by atoms with E-state index in [0.29, 0.717) is 12.5 Å². The molecule has 0 radical (unpaired) electrons. The van der Waals surface area contributed by atoms with Gasteiger partial charge in [-0.05, 0) is 37.5 Å². The first-order valence-electron chi connectivity index (χ1n) is 9.93. The number of hydrogen-bond acceptors (Lipinski definition) is 6. The van der Waals surface area contributed by atoms with Gasteiger partial charge in [0.05, 0.1) is 24.5 Å². The lowest BCUT2D eigenvalue weighted by Crippen LogP contribution is -2.48. The van der Waals surface area contributed by atoms with Crippen LogP contribution in [-0.2, 0) is 25.9 Å². The van der Waals surface area contributed by atoms with Gasteiger partial charge in [-0.2, -0.15) is 5.10 Å². The summed E-state index contributed by atoms with van der Waals surface area (Å²) in [5.74, 6) is 2.33. The van der Waals surface area contributed by atoms with Gasteiger partial charge in [0, 0.05) is 49.5 Å². The molecule has 0 atom stereocenters. The molecule has 1 aliphatic carbocycles. The van der Waals surface area contributed by atoms with E-state index in [9.17, 15) is 4.79 Å². The van der Waals surface area contributed by atoms with E-state index < -0.39 is 0 Å². The van der Waals surface area contributed by atoms with Crippen LogP contribution in [-0.4, -0.2) is 37.7 Å². The van der Waals surface area contributed by atoms with Crippen molar-refractivity contribution in [2.75, 3.05) is 13.1 Å². The maximum atomic E-state index is 12.2. The van der Waals surface area contributed by atoms with Gasteiger partial charge >= 0.3 is 0 Å². The first-order chi connectivity index (χ1) is 13.7. The highest BCUT2D eigenvalue weighted by molar-refractivity contribution is 5.56. The Morgan fingerprint density at radius 3 is 2.86 bits per heavy atom. The van der Waals surface area contributed by atoms with E-state index >= 15 is 0 Å². The quantitative estimate of drug-likeness (QED) is 0.679. The Hall–Kier alpha value is -2.80. The average Bonchev–Trinajstić information content (AvgIpc) is 3.11. The molecule has 4 heterocycles. The zero-order valence-corrected chi connectivity index (χ0v) is 15.8. The number of rotatable bonds is 5. The zero-order valence-electron chi connectivity index (χ0n) is 15.8.